The Morgan fingerprint density at radius 2 is 1.19 bits per heavy atom. The molecule has 0 spiro atoms. The van der Waals surface area contributed by atoms with E-state index in [9.17, 15) is 0 Å². The minimum absolute atomic E-state index is 0.797. The lowest BCUT2D eigenvalue weighted by molar-refractivity contribution is 0.304. The van der Waals surface area contributed by atoms with Crippen LogP contribution < -0.4 is 4.74 Å². The van der Waals surface area contributed by atoms with Gasteiger partial charge in [-0.15, -0.1) is 0 Å². The maximum atomic E-state index is 6.07. The van der Waals surface area contributed by atoms with Gasteiger partial charge >= 0.3 is 0 Å². The number of ether oxygens (including phenoxy) is 1. The van der Waals surface area contributed by atoms with Crippen molar-refractivity contribution in [2.24, 2.45) is 0 Å². The summed E-state index contributed by atoms with van der Waals surface area (Å²) in [6, 6.07) is 27.6. The van der Waals surface area contributed by atoms with Crippen LogP contribution in [0.4, 0.5) is 0 Å². The minimum Gasteiger partial charge on any atom is -0.494 e. The number of hydrogen-bond donors (Lipinski definition) is 0. The molecule has 0 aliphatic rings. The molecule has 3 aromatic rings. The summed E-state index contributed by atoms with van der Waals surface area (Å²) >= 11 is 0. The summed E-state index contributed by atoms with van der Waals surface area (Å²) in [5.41, 5.74) is 4.93. The first kappa shape index (κ1) is 19.2. The summed E-state index contributed by atoms with van der Waals surface area (Å²) in [5, 5.41) is 0. The van der Waals surface area contributed by atoms with E-state index < -0.39 is 0 Å². The lowest BCUT2D eigenvalue weighted by Gasteiger charge is -2.14. The zero-order valence-corrected chi connectivity index (χ0v) is 16.4. The molecule has 0 bridgehead atoms. The molecule has 0 radical (unpaired) electrons. The molecule has 0 N–H and O–H groups in total. The molecule has 3 aromatic carbocycles. The van der Waals surface area contributed by atoms with Crippen LogP contribution in [0.2, 0.25) is 0 Å². The Morgan fingerprint density at radius 1 is 0.593 bits per heavy atom. The van der Waals surface area contributed by atoms with Crippen molar-refractivity contribution in [3.05, 3.63) is 78.9 Å². The summed E-state index contributed by atoms with van der Waals surface area (Å²) in [7, 11) is 0. The Hall–Kier alpha value is -2.54. The third kappa shape index (κ3) is 5.72. The van der Waals surface area contributed by atoms with E-state index in [4.69, 9.17) is 4.74 Å². The van der Waals surface area contributed by atoms with Crippen molar-refractivity contribution in [1.82, 2.24) is 0 Å². The van der Waals surface area contributed by atoms with Crippen LogP contribution in [-0.4, -0.2) is 6.61 Å². The van der Waals surface area contributed by atoms with Gasteiger partial charge in [0.15, 0.2) is 0 Å². The van der Waals surface area contributed by atoms with E-state index in [1.54, 1.807) is 0 Å². The third-order valence-electron chi connectivity index (χ3n) is 4.93. The third-order valence-corrected chi connectivity index (χ3v) is 4.93. The Labute approximate surface area is 164 Å². The van der Waals surface area contributed by atoms with Gasteiger partial charge in [-0.3, -0.25) is 0 Å². The van der Waals surface area contributed by atoms with Gasteiger partial charge in [-0.2, -0.15) is 0 Å². The molecule has 0 heterocycles. The smallest absolute Gasteiger partial charge is 0.119 e. The van der Waals surface area contributed by atoms with Crippen LogP contribution >= 0.6 is 0 Å². The van der Waals surface area contributed by atoms with Crippen LogP contribution in [0.15, 0.2) is 78.9 Å². The van der Waals surface area contributed by atoms with Crippen LogP contribution in [-0.2, 0) is 0 Å². The highest BCUT2D eigenvalue weighted by Crippen LogP contribution is 2.35. The van der Waals surface area contributed by atoms with Crippen molar-refractivity contribution in [3.63, 3.8) is 0 Å². The summed E-state index contributed by atoms with van der Waals surface area (Å²) in [6.45, 7) is 3.05. The molecule has 0 atom stereocenters. The fourth-order valence-corrected chi connectivity index (χ4v) is 3.41. The number of unbranched alkanes of at least 4 members (excludes halogenated alkanes) is 5. The highest BCUT2D eigenvalue weighted by molar-refractivity contribution is 5.84. The molecule has 0 unspecified atom stereocenters. The molecule has 0 amide bonds. The summed E-state index contributed by atoms with van der Waals surface area (Å²) < 4.78 is 6.07. The van der Waals surface area contributed by atoms with Gasteiger partial charge < -0.3 is 4.74 Å². The average molecular weight is 359 g/mol. The van der Waals surface area contributed by atoms with Crippen LogP contribution in [0.3, 0.4) is 0 Å². The van der Waals surface area contributed by atoms with Crippen LogP contribution in [0.1, 0.15) is 45.4 Å². The largest absolute Gasteiger partial charge is 0.494 e. The summed E-state index contributed by atoms with van der Waals surface area (Å²) in [6.07, 6.45) is 7.70. The number of benzene rings is 3. The molecule has 0 saturated carbocycles. The predicted octanol–water partition coefficient (Wildman–Crippen LogP) is 7.76. The second-order valence-corrected chi connectivity index (χ2v) is 7.06. The highest BCUT2D eigenvalue weighted by atomic mass is 16.5. The standard InChI is InChI=1S/C26H30O/c1-2-3-4-5-6-13-20-27-24-18-19-25(22-14-9-7-10-15-22)26(21-24)23-16-11-8-12-17-23/h7-12,14-19,21H,2-6,13,20H2,1H3. The van der Waals surface area contributed by atoms with E-state index in [2.05, 4.69) is 85.8 Å². The molecule has 0 fully saturated rings. The average Bonchev–Trinajstić information content (AvgIpc) is 2.74. The molecule has 140 valence electrons. The zero-order chi connectivity index (χ0) is 18.7. The lowest BCUT2D eigenvalue weighted by atomic mass is 9.94. The van der Waals surface area contributed by atoms with E-state index in [1.807, 2.05) is 0 Å². The fraction of sp³-hybridized carbons (Fsp3) is 0.308. The van der Waals surface area contributed by atoms with Crippen molar-refractivity contribution in [2.45, 2.75) is 45.4 Å². The molecular formula is C26H30O. The monoisotopic (exact) mass is 358 g/mol. The van der Waals surface area contributed by atoms with E-state index in [0.29, 0.717) is 0 Å². The number of hydrogen-bond acceptors (Lipinski definition) is 1. The van der Waals surface area contributed by atoms with Crippen LogP contribution in [0.5, 0.6) is 5.75 Å². The molecule has 0 saturated heterocycles. The van der Waals surface area contributed by atoms with E-state index >= 15 is 0 Å². The van der Waals surface area contributed by atoms with Gasteiger partial charge in [0.2, 0.25) is 0 Å². The van der Waals surface area contributed by atoms with Crippen molar-refractivity contribution in [2.75, 3.05) is 6.61 Å². The normalized spacial score (nSPS) is 10.7. The molecular weight excluding hydrogens is 328 g/mol. The highest BCUT2D eigenvalue weighted by Gasteiger charge is 2.09. The van der Waals surface area contributed by atoms with Gasteiger partial charge in [0.1, 0.15) is 5.75 Å². The lowest BCUT2D eigenvalue weighted by Crippen LogP contribution is -1.98. The van der Waals surface area contributed by atoms with Crippen molar-refractivity contribution in [1.29, 1.82) is 0 Å². The van der Waals surface area contributed by atoms with E-state index in [0.717, 1.165) is 18.8 Å². The first-order chi connectivity index (χ1) is 13.4. The fourth-order valence-electron chi connectivity index (χ4n) is 3.41. The van der Waals surface area contributed by atoms with E-state index in [1.165, 1.54) is 54.4 Å². The minimum atomic E-state index is 0.797. The van der Waals surface area contributed by atoms with Crippen molar-refractivity contribution < 1.29 is 4.74 Å². The molecule has 0 aliphatic heterocycles. The molecule has 3 rings (SSSR count). The molecule has 0 aliphatic carbocycles. The first-order valence-corrected chi connectivity index (χ1v) is 10.3. The Morgan fingerprint density at radius 3 is 1.85 bits per heavy atom. The first-order valence-electron chi connectivity index (χ1n) is 10.3. The second-order valence-electron chi connectivity index (χ2n) is 7.06. The van der Waals surface area contributed by atoms with Gasteiger partial charge in [0.05, 0.1) is 6.61 Å². The number of rotatable bonds is 10. The quantitative estimate of drug-likeness (QED) is 0.336. The molecule has 0 aromatic heterocycles. The van der Waals surface area contributed by atoms with Crippen molar-refractivity contribution in [3.8, 4) is 28.0 Å². The summed E-state index contributed by atoms with van der Waals surface area (Å²) in [5.74, 6) is 0.960. The zero-order valence-electron chi connectivity index (χ0n) is 16.4. The van der Waals surface area contributed by atoms with Gasteiger partial charge in [0.25, 0.3) is 0 Å². The van der Waals surface area contributed by atoms with Crippen LogP contribution in [0.25, 0.3) is 22.3 Å². The van der Waals surface area contributed by atoms with Gasteiger partial charge in [-0.05, 0) is 40.8 Å². The Kier molecular flexibility index (Phi) is 7.53. The molecule has 1 nitrogen and oxygen atoms in total. The van der Waals surface area contributed by atoms with Gasteiger partial charge in [-0.1, -0.05) is 106 Å². The Bertz CT molecular complexity index is 793. The second kappa shape index (κ2) is 10.6. The Balaban J connectivity index is 1.72. The van der Waals surface area contributed by atoms with Gasteiger partial charge in [0, 0.05) is 0 Å². The topological polar surface area (TPSA) is 9.23 Å². The van der Waals surface area contributed by atoms with Crippen molar-refractivity contribution >= 4 is 0 Å². The SMILES string of the molecule is CCCCCCCCOc1ccc(-c2ccccc2)c(-c2ccccc2)c1. The predicted molar refractivity (Wildman–Crippen MR) is 116 cm³/mol. The maximum absolute atomic E-state index is 6.07. The van der Waals surface area contributed by atoms with E-state index in [-0.39, 0.29) is 0 Å². The van der Waals surface area contributed by atoms with Crippen LogP contribution in [0, 0.1) is 0 Å². The molecule has 1 heteroatoms. The maximum Gasteiger partial charge on any atom is 0.119 e. The van der Waals surface area contributed by atoms with Gasteiger partial charge in [-0.25, -0.2) is 0 Å². The summed E-state index contributed by atoms with van der Waals surface area (Å²) in [4.78, 5) is 0. The molecule has 27 heavy (non-hydrogen) atoms.